The summed E-state index contributed by atoms with van der Waals surface area (Å²) >= 11 is 0. The lowest BCUT2D eigenvalue weighted by atomic mass is 10.0. The van der Waals surface area contributed by atoms with Crippen molar-refractivity contribution < 1.29 is 18.3 Å². The molecule has 0 bridgehead atoms. The summed E-state index contributed by atoms with van der Waals surface area (Å²) in [6.07, 6.45) is 0.799. The Kier molecular flexibility index (Phi) is 4.45. The molecule has 2 aromatic rings. The Bertz CT molecular complexity index is 624. The molecule has 2 aromatic carbocycles. The number of hydrogen-bond donors (Lipinski definition) is 0. The van der Waals surface area contributed by atoms with E-state index < -0.39 is 17.4 Å². The molecular weight excluding hydrogens is 262 g/mol. The second-order valence-electron chi connectivity index (χ2n) is 4.30. The number of benzene rings is 2. The fourth-order valence-corrected chi connectivity index (χ4v) is 1.81. The minimum atomic E-state index is -0.875. The Morgan fingerprint density at radius 3 is 2.55 bits per heavy atom. The van der Waals surface area contributed by atoms with Crippen LogP contribution in [0, 0.1) is 11.6 Å². The summed E-state index contributed by atoms with van der Waals surface area (Å²) in [4.78, 5) is 12.3. The van der Waals surface area contributed by atoms with Crippen LogP contribution < -0.4 is 4.74 Å². The summed E-state index contributed by atoms with van der Waals surface area (Å²) in [5.74, 6) is -1.70. The molecule has 2 nitrogen and oxygen atoms in total. The molecule has 20 heavy (non-hydrogen) atoms. The Balaban J connectivity index is 2.38. The van der Waals surface area contributed by atoms with E-state index in [2.05, 4.69) is 0 Å². The van der Waals surface area contributed by atoms with Gasteiger partial charge in [0.15, 0.2) is 5.78 Å². The van der Waals surface area contributed by atoms with Crippen molar-refractivity contribution in [1.29, 1.82) is 0 Å². The largest absolute Gasteiger partial charge is 0.493 e. The van der Waals surface area contributed by atoms with Crippen molar-refractivity contribution in [2.24, 2.45) is 0 Å². The van der Waals surface area contributed by atoms with Crippen LogP contribution in [0.15, 0.2) is 42.5 Å². The molecule has 0 spiro atoms. The molecule has 0 aliphatic carbocycles. The summed E-state index contributed by atoms with van der Waals surface area (Å²) in [7, 11) is 0. The molecule has 0 aromatic heterocycles. The van der Waals surface area contributed by atoms with Crippen LogP contribution in [-0.4, -0.2) is 12.4 Å². The number of ketones is 1. The maximum Gasteiger partial charge on any atom is 0.199 e. The minimum Gasteiger partial charge on any atom is -0.493 e. The van der Waals surface area contributed by atoms with Crippen molar-refractivity contribution in [2.45, 2.75) is 13.3 Å². The summed E-state index contributed by atoms with van der Waals surface area (Å²) in [6.45, 7) is 2.42. The highest BCUT2D eigenvalue weighted by Gasteiger charge is 2.18. The van der Waals surface area contributed by atoms with Gasteiger partial charge in [0.1, 0.15) is 17.4 Å². The molecule has 2 rings (SSSR count). The Morgan fingerprint density at radius 1 is 1.10 bits per heavy atom. The van der Waals surface area contributed by atoms with Gasteiger partial charge in [0, 0.05) is 6.07 Å². The Hall–Kier alpha value is -2.23. The summed E-state index contributed by atoms with van der Waals surface area (Å²) in [5.41, 5.74) is 0.102. The zero-order valence-electron chi connectivity index (χ0n) is 11.0. The van der Waals surface area contributed by atoms with E-state index in [9.17, 15) is 13.6 Å². The third-order valence-electron chi connectivity index (χ3n) is 2.77. The third kappa shape index (κ3) is 3.02. The molecule has 0 saturated heterocycles. The van der Waals surface area contributed by atoms with Gasteiger partial charge >= 0.3 is 0 Å². The van der Waals surface area contributed by atoms with Gasteiger partial charge in [0.05, 0.1) is 17.7 Å². The minimum absolute atomic E-state index is 0.168. The molecule has 0 N–H and O–H groups in total. The molecule has 104 valence electrons. The average molecular weight is 276 g/mol. The highest BCUT2D eigenvalue weighted by Crippen LogP contribution is 2.23. The average Bonchev–Trinajstić information content (AvgIpc) is 2.45. The van der Waals surface area contributed by atoms with Crippen LogP contribution in [0.25, 0.3) is 0 Å². The number of rotatable bonds is 5. The molecule has 0 saturated carbocycles. The molecular formula is C16H14F2O2. The lowest BCUT2D eigenvalue weighted by Gasteiger charge is -2.10. The van der Waals surface area contributed by atoms with Crippen LogP contribution in [-0.2, 0) is 0 Å². The lowest BCUT2D eigenvalue weighted by Crippen LogP contribution is -2.08. The predicted octanol–water partition coefficient (Wildman–Crippen LogP) is 3.98. The number of carbonyl (C=O) groups excluding carboxylic acids is 1. The lowest BCUT2D eigenvalue weighted by molar-refractivity contribution is 0.103. The zero-order valence-corrected chi connectivity index (χ0v) is 11.0. The quantitative estimate of drug-likeness (QED) is 0.772. The maximum absolute atomic E-state index is 13.7. The van der Waals surface area contributed by atoms with E-state index in [4.69, 9.17) is 4.74 Å². The van der Waals surface area contributed by atoms with Crippen molar-refractivity contribution in [1.82, 2.24) is 0 Å². The van der Waals surface area contributed by atoms with Crippen LogP contribution in [0.1, 0.15) is 29.3 Å². The number of carbonyl (C=O) groups is 1. The predicted molar refractivity (Wildman–Crippen MR) is 72.0 cm³/mol. The summed E-state index contributed by atoms with van der Waals surface area (Å²) in [6, 6.07) is 9.54. The first kappa shape index (κ1) is 14.2. The number of halogens is 2. The standard InChI is InChI=1S/C16H14F2O2/c1-2-9-20-15-6-4-3-5-13(15)16(19)12-8-7-11(17)10-14(12)18/h3-8,10H,2,9H2,1H3. The smallest absolute Gasteiger partial charge is 0.199 e. The maximum atomic E-state index is 13.7. The van der Waals surface area contributed by atoms with Gasteiger partial charge in [-0.05, 0) is 30.7 Å². The third-order valence-corrected chi connectivity index (χ3v) is 2.77. The first-order valence-electron chi connectivity index (χ1n) is 6.35. The van der Waals surface area contributed by atoms with Gasteiger partial charge < -0.3 is 4.74 Å². The van der Waals surface area contributed by atoms with Crippen molar-refractivity contribution in [3.05, 3.63) is 65.2 Å². The molecule has 0 aliphatic rings. The van der Waals surface area contributed by atoms with Crippen molar-refractivity contribution in [3.8, 4) is 5.75 Å². The summed E-state index contributed by atoms with van der Waals surface area (Å²) < 4.78 is 32.0. The zero-order chi connectivity index (χ0) is 14.5. The van der Waals surface area contributed by atoms with E-state index in [0.717, 1.165) is 18.6 Å². The van der Waals surface area contributed by atoms with Gasteiger partial charge in [-0.15, -0.1) is 0 Å². The van der Waals surface area contributed by atoms with E-state index in [-0.39, 0.29) is 11.1 Å². The molecule has 0 unspecified atom stereocenters. The number of ether oxygens (including phenoxy) is 1. The van der Waals surface area contributed by atoms with E-state index in [1.165, 1.54) is 0 Å². The topological polar surface area (TPSA) is 26.3 Å². The molecule has 0 aliphatic heterocycles. The van der Waals surface area contributed by atoms with E-state index in [1.807, 2.05) is 6.92 Å². The van der Waals surface area contributed by atoms with Crippen LogP contribution in [0.3, 0.4) is 0 Å². The molecule has 0 radical (unpaired) electrons. The Labute approximate surface area is 116 Å². The molecule has 4 heteroatoms. The molecule has 0 atom stereocenters. The van der Waals surface area contributed by atoms with E-state index >= 15 is 0 Å². The normalized spacial score (nSPS) is 10.3. The van der Waals surface area contributed by atoms with Gasteiger partial charge in [0.2, 0.25) is 0 Å². The first-order valence-corrected chi connectivity index (χ1v) is 6.35. The highest BCUT2D eigenvalue weighted by atomic mass is 19.1. The van der Waals surface area contributed by atoms with Gasteiger partial charge in [-0.2, -0.15) is 0 Å². The van der Waals surface area contributed by atoms with Crippen LogP contribution in [0.5, 0.6) is 5.75 Å². The Morgan fingerprint density at radius 2 is 1.85 bits per heavy atom. The van der Waals surface area contributed by atoms with Crippen molar-refractivity contribution in [2.75, 3.05) is 6.61 Å². The van der Waals surface area contributed by atoms with E-state index in [1.54, 1.807) is 24.3 Å². The van der Waals surface area contributed by atoms with Gasteiger partial charge in [-0.3, -0.25) is 4.79 Å². The highest BCUT2D eigenvalue weighted by molar-refractivity contribution is 6.10. The van der Waals surface area contributed by atoms with Gasteiger partial charge in [-0.1, -0.05) is 19.1 Å². The van der Waals surface area contributed by atoms with Crippen molar-refractivity contribution in [3.63, 3.8) is 0 Å². The molecule has 0 fully saturated rings. The number of para-hydroxylation sites is 1. The second kappa shape index (κ2) is 6.28. The van der Waals surface area contributed by atoms with E-state index in [0.29, 0.717) is 18.4 Å². The molecule has 0 heterocycles. The fourth-order valence-electron chi connectivity index (χ4n) is 1.81. The van der Waals surface area contributed by atoms with Gasteiger partial charge in [-0.25, -0.2) is 8.78 Å². The summed E-state index contributed by atoms with van der Waals surface area (Å²) in [5, 5.41) is 0. The first-order chi connectivity index (χ1) is 9.63. The monoisotopic (exact) mass is 276 g/mol. The molecule has 0 amide bonds. The van der Waals surface area contributed by atoms with Gasteiger partial charge in [0.25, 0.3) is 0 Å². The van der Waals surface area contributed by atoms with Crippen LogP contribution >= 0.6 is 0 Å². The van der Waals surface area contributed by atoms with Crippen molar-refractivity contribution >= 4 is 5.78 Å². The number of hydrogen-bond acceptors (Lipinski definition) is 2. The fraction of sp³-hybridized carbons (Fsp3) is 0.188. The SMILES string of the molecule is CCCOc1ccccc1C(=O)c1ccc(F)cc1F. The van der Waals surface area contributed by atoms with Crippen LogP contribution in [0.2, 0.25) is 0 Å². The van der Waals surface area contributed by atoms with Crippen LogP contribution in [0.4, 0.5) is 8.78 Å². The second-order valence-corrected chi connectivity index (χ2v) is 4.30.